The summed E-state index contributed by atoms with van der Waals surface area (Å²) in [6.07, 6.45) is 2.51. The zero-order valence-corrected chi connectivity index (χ0v) is 11.7. The highest BCUT2D eigenvalue weighted by atomic mass is 16.5. The molecule has 0 bridgehead atoms. The maximum Gasteiger partial charge on any atom is 0.327 e. The van der Waals surface area contributed by atoms with E-state index in [2.05, 4.69) is 0 Å². The minimum atomic E-state index is -0.796. The average Bonchev–Trinajstić information content (AvgIpc) is 2.78. The summed E-state index contributed by atoms with van der Waals surface area (Å²) in [7, 11) is 4.76. The number of hydrogen-bond acceptors (Lipinski definition) is 4. The lowest BCUT2D eigenvalue weighted by atomic mass is 10.1. The van der Waals surface area contributed by atoms with Gasteiger partial charge in [-0.25, -0.2) is 4.79 Å². The first kappa shape index (κ1) is 14.2. The molecule has 0 fully saturated rings. The second-order valence-electron chi connectivity index (χ2n) is 4.47. The zero-order chi connectivity index (χ0) is 14.7. The Bertz CT molecular complexity index is 645. The monoisotopic (exact) mass is 278 g/mol. The lowest BCUT2D eigenvalue weighted by Crippen LogP contribution is -2.24. The average molecular weight is 278 g/mol. The number of aryl methyl sites for hydroxylation is 1. The van der Waals surface area contributed by atoms with Crippen LogP contribution in [0.25, 0.3) is 0 Å². The molecule has 6 heteroatoms. The van der Waals surface area contributed by atoms with Crippen LogP contribution in [0, 0.1) is 0 Å². The van der Waals surface area contributed by atoms with Crippen molar-refractivity contribution in [2.24, 2.45) is 7.05 Å². The molecule has 0 aliphatic heterocycles. The van der Waals surface area contributed by atoms with E-state index in [1.807, 2.05) is 0 Å². The molecule has 0 aliphatic carbocycles. The molecule has 1 aromatic carbocycles. The zero-order valence-electron chi connectivity index (χ0n) is 11.7. The van der Waals surface area contributed by atoms with Crippen LogP contribution in [0.2, 0.25) is 0 Å². The normalized spacial score (nSPS) is 12.2. The summed E-state index contributed by atoms with van der Waals surface area (Å²) in [5, 5.41) is 10.2. The SMILES string of the molecule is COc1ccc(C(O)Cn2ccn(C)c2=O)cc1OC. The Kier molecular flexibility index (Phi) is 4.14. The van der Waals surface area contributed by atoms with Crippen molar-refractivity contribution in [1.29, 1.82) is 0 Å². The molecule has 6 nitrogen and oxygen atoms in total. The van der Waals surface area contributed by atoms with Gasteiger partial charge in [0, 0.05) is 19.4 Å². The number of aromatic nitrogens is 2. The first-order valence-electron chi connectivity index (χ1n) is 6.18. The summed E-state index contributed by atoms with van der Waals surface area (Å²) in [4.78, 5) is 11.7. The quantitative estimate of drug-likeness (QED) is 0.884. The van der Waals surface area contributed by atoms with E-state index in [0.29, 0.717) is 17.1 Å². The number of hydrogen-bond donors (Lipinski definition) is 1. The third-order valence-electron chi connectivity index (χ3n) is 3.18. The van der Waals surface area contributed by atoms with Crippen LogP contribution in [0.15, 0.2) is 35.4 Å². The van der Waals surface area contributed by atoms with Crippen molar-refractivity contribution < 1.29 is 14.6 Å². The predicted molar refractivity (Wildman–Crippen MR) is 74.2 cm³/mol. The molecule has 1 heterocycles. The minimum absolute atomic E-state index is 0.162. The Morgan fingerprint density at radius 1 is 1.20 bits per heavy atom. The van der Waals surface area contributed by atoms with Crippen molar-refractivity contribution in [1.82, 2.24) is 9.13 Å². The van der Waals surface area contributed by atoms with Crippen LogP contribution in [0.1, 0.15) is 11.7 Å². The third kappa shape index (κ3) is 2.70. The molecule has 2 aromatic rings. The van der Waals surface area contributed by atoms with Crippen molar-refractivity contribution in [3.05, 3.63) is 46.6 Å². The van der Waals surface area contributed by atoms with Crippen LogP contribution < -0.4 is 15.2 Å². The topological polar surface area (TPSA) is 65.6 Å². The summed E-state index contributed by atoms with van der Waals surface area (Å²) < 4.78 is 13.3. The molecule has 2 rings (SSSR count). The first-order chi connectivity index (χ1) is 9.56. The number of methoxy groups -OCH3 is 2. The third-order valence-corrected chi connectivity index (χ3v) is 3.18. The highest BCUT2D eigenvalue weighted by molar-refractivity contribution is 5.43. The van der Waals surface area contributed by atoms with E-state index in [4.69, 9.17) is 9.47 Å². The maximum atomic E-state index is 11.7. The number of aliphatic hydroxyl groups is 1. The Morgan fingerprint density at radius 2 is 1.90 bits per heavy atom. The van der Waals surface area contributed by atoms with E-state index < -0.39 is 6.10 Å². The molecule has 108 valence electrons. The smallest absolute Gasteiger partial charge is 0.327 e. The molecule has 1 atom stereocenters. The van der Waals surface area contributed by atoms with Crippen LogP contribution in [-0.2, 0) is 13.6 Å². The van der Waals surface area contributed by atoms with E-state index in [0.717, 1.165) is 0 Å². The van der Waals surface area contributed by atoms with Crippen molar-refractivity contribution in [2.75, 3.05) is 14.2 Å². The van der Waals surface area contributed by atoms with Crippen molar-refractivity contribution in [3.63, 3.8) is 0 Å². The largest absolute Gasteiger partial charge is 0.493 e. The maximum absolute atomic E-state index is 11.7. The van der Waals surface area contributed by atoms with Crippen LogP contribution in [0.3, 0.4) is 0 Å². The van der Waals surface area contributed by atoms with Gasteiger partial charge in [-0.05, 0) is 17.7 Å². The molecule has 0 saturated heterocycles. The molecular formula is C14H18N2O4. The van der Waals surface area contributed by atoms with Gasteiger partial charge in [-0.3, -0.25) is 4.57 Å². The Morgan fingerprint density at radius 3 is 2.45 bits per heavy atom. The van der Waals surface area contributed by atoms with E-state index in [1.54, 1.807) is 44.8 Å². The van der Waals surface area contributed by atoms with Crippen LogP contribution >= 0.6 is 0 Å². The van der Waals surface area contributed by atoms with Gasteiger partial charge in [0.15, 0.2) is 11.5 Å². The summed E-state index contributed by atoms with van der Waals surface area (Å²) in [5.74, 6) is 1.14. The number of rotatable bonds is 5. The van der Waals surface area contributed by atoms with Gasteiger partial charge in [-0.15, -0.1) is 0 Å². The summed E-state index contributed by atoms with van der Waals surface area (Å²) in [5.41, 5.74) is 0.503. The fraction of sp³-hybridized carbons (Fsp3) is 0.357. The van der Waals surface area contributed by atoms with E-state index in [-0.39, 0.29) is 12.2 Å². The highest BCUT2D eigenvalue weighted by Gasteiger charge is 2.13. The lowest BCUT2D eigenvalue weighted by Gasteiger charge is -2.14. The Labute approximate surface area is 116 Å². The van der Waals surface area contributed by atoms with Crippen molar-refractivity contribution in [3.8, 4) is 11.5 Å². The van der Waals surface area contributed by atoms with Gasteiger partial charge in [0.2, 0.25) is 0 Å². The molecular weight excluding hydrogens is 260 g/mol. The molecule has 20 heavy (non-hydrogen) atoms. The minimum Gasteiger partial charge on any atom is -0.493 e. The van der Waals surface area contributed by atoms with Gasteiger partial charge >= 0.3 is 5.69 Å². The Hall–Kier alpha value is -2.21. The number of aliphatic hydroxyl groups excluding tert-OH is 1. The number of benzene rings is 1. The lowest BCUT2D eigenvalue weighted by molar-refractivity contribution is 0.154. The number of ether oxygens (including phenoxy) is 2. The Balaban J connectivity index is 2.23. The van der Waals surface area contributed by atoms with Crippen LogP contribution in [0.5, 0.6) is 11.5 Å². The second-order valence-corrected chi connectivity index (χ2v) is 4.47. The summed E-state index contributed by atoms with van der Waals surface area (Å²) >= 11 is 0. The fourth-order valence-electron chi connectivity index (χ4n) is 2.00. The van der Waals surface area contributed by atoms with E-state index >= 15 is 0 Å². The van der Waals surface area contributed by atoms with E-state index in [1.165, 1.54) is 16.2 Å². The van der Waals surface area contributed by atoms with Crippen molar-refractivity contribution in [2.45, 2.75) is 12.6 Å². The van der Waals surface area contributed by atoms with Crippen molar-refractivity contribution >= 4 is 0 Å². The molecule has 0 spiro atoms. The molecule has 0 amide bonds. The highest BCUT2D eigenvalue weighted by Crippen LogP contribution is 2.30. The number of nitrogens with zero attached hydrogens (tertiary/aromatic N) is 2. The van der Waals surface area contributed by atoms with Crippen LogP contribution in [0.4, 0.5) is 0 Å². The molecule has 1 aromatic heterocycles. The van der Waals surface area contributed by atoms with Gasteiger partial charge in [-0.1, -0.05) is 6.07 Å². The molecule has 0 radical (unpaired) electrons. The molecule has 1 N–H and O–H groups in total. The second kappa shape index (κ2) is 5.83. The fourth-order valence-corrected chi connectivity index (χ4v) is 2.00. The standard InChI is InChI=1S/C14H18N2O4/c1-15-6-7-16(14(15)18)9-11(17)10-4-5-12(19-2)13(8-10)20-3/h4-8,11,17H,9H2,1-3H3. The van der Waals surface area contributed by atoms with Gasteiger partial charge in [0.05, 0.1) is 26.9 Å². The molecule has 0 saturated carbocycles. The van der Waals surface area contributed by atoms with Gasteiger partial charge in [-0.2, -0.15) is 0 Å². The van der Waals surface area contributed by atoms with Gasteiger partial charge < -0.3 is 19.1 Å². The summed E-state index contributed by atoms with van der Waals surface area (Å²) in [6.45, 7) is 0.190. The molecule has 1 unspecified atom stereocenters. The predicted octanol–water partition coefficient (Wildman–Crippen LogP) is 0.938. The number of imidazole rings is 1. The summed E-state index contributed by atoms with van der Waals surface area (Å²) in [6, 6.07) is 5.18. The first-order valence-corrected chi connectivity index (χ1v) is 6.18. The van der Waals surface area contributed by atoms with Crippen LogP contribution in [-0.4, -0.2) is 28.5 Å². The molecule has 0 aliphatic rings. The van der Waals surface area contributed by atoms with E-state index in [9.17, 15) is 9.90 Å². The van der Waals surface area contributed by atoms with Gasteiger partial charge in [0.25, 0.3) is 0 Å². The van der Waals surface area contributed by atoms with Gasteiger partial charge in [0.1, 0.15) is 0 Å².